The normalized spacial score (nSPS) is 11.1. The largest absolute Gasteiger partial charge is 0.336 e. The van der Waals surface area contributed by atoms with Gasteiger partial charge in [0.15, 0.2) is 0 Å². The number of pyridine rings is 1. The number of amides is 1. The van der Waals surface area contributed by atoms with Gasteiger partial charge in [0.25, 0.3) is 11.6 Å². The standard InChI is InChI=1S/C15H17N5O3/c1-5-20(7-12-9(3)18-23-19-12)15(21)11-6-8(2)16-14-13(11)10(4)17-22-14/h6H,5,7H2,1-4H3. The first kappa shape index (κ1) is 15.1. The van der Waals surface area contributed by atoms with Gasteiger partial charge in [-0.3, -0.25) is 4.79 Å². The number of carbonyl (C=O) groups is 1. The molecule has 0 aliphatic rings. The van der Waals surface area contributed by atoms with E-state index < -0.39 is 0 Å². The van der Waals surface area contributed by atoms with E-state index in [0.717, 1.165) is 0 Å². The smallest absolute Gasteiger partial charge is 0.258 e. The van der Waals surface area contributed by atoms with Gasteiger partial charge in [0.1, 0.15) is 11.4 Å². The van der Waals surface area contributed by atoms with Crippen LogP contribution < -0.4 is 0 Å². The minimum absolute atomic E-state index is 0.128. The molecule has 0 atom stereocenters. The number of hydrogen-bond donors (Lipinski definition) is 0. The van der Waals surface area contributed by atoms with Crippen molar-refractivity contribution in [2.75, 3.05) is 6.54 Å². The number of rotatable bonds is 4. The van der Waals surface area contributed by atoms with Crippen molar-refractivity contribution in [1.82, 2.24) is 25.4 Å². The molecule has 0 unspecified atom stereocenters. The van der Waals surface area contributed by atoms with Crippen LogP contribution in [0.3, 0.4) is 0 Å². The van der Waals surface area contributed by atoms with Gasteiger partial charge in [-0.15, -0.1) is 0 Å². The molecule has 0 fully saturated rings. The highest BCUT2D eigenvalue weighted by molar-refractivity contribution is 6.06. The second kappa shape index (κ2) is 5.79. The van der Waals surface area contributed by atoms with E-state index in [1.165, 1.54) is 0 Å². The minimum Gasteiger partial charge on any atom is -0.336 e. The van der Waals surface area contributed by atoms with Gasteiger partial charge >= 0.3 is 0 Å². The molecule has 8 nitrogen and oxygen atoms in total. The number of aryl methyl sites for hydroxylation is 3. The van der Waals surface area contributed by atoms with Crippen LogP contribution in [0.15, 0.2) is 15.2 Å². The lowest BCUT2D eigenvalue weighted by molar-refractivity contribution is 0.0750. The number of carbonyl (C=O) groups excluding carboxylic acids is 1. The molecule has 3 heterocycles. The van der Waals surface area contributed by atoms with Crippen LogP contribution in [0.25, 0.3) is 11.1 Å². The van der Waals surface area contributed by atoms with Crippen molar-refractivity contribution in [2.45, 2.75) is 34.2 Å². The lowest BCUT2D eigenvalue weighted by Crippen LogP contribution is -2.31. The first-order chi connectivity index (χ1) is 11.0. The number of aromatic nitrogens is 4. The summed E-state index contributed by atoms with van der Waals surface area (Å²) in [5.41, 5.74) is 3.57. The molecule has 0 saturated carbocycles. The summed E-state index contributed by atoms with van der Waals surface area (Å²) in [6.45, 7) is 8.17. The van der Waals surface area contributed by atoms with Crippen LogP contribution in [-0.4, -0.2) is 37.8 Å². The molecule has 23 heavy (non-hydrogen) atoms. The molecule has 0 spiro atoms. The Balaban J connectivity index is 2.01. The highest BCUT2D eigenvalue weighted by Crippen LogP contribution is 2.23. The van der Waals surface area contributed by atoms with Crippen LogP contribution in [0.5, 0.6) is 0 Å². The molecule has 0 N–H and O–H groups in total. The second-order valence-corrected chi connectivity index (χ2v) is 5.37. The fraction of sp³-hybridized carbons (Fsp3) is 0.400. The van der Waals surface area contributed by atoms with Crippen molar-refractivity contribution in [3.63, 3.8) is 0 Å². The van der Waals surface area contributed by atoms with Gasteiger partial charge < -0.3 is 9.42 Å². The van der Waals surface area contributed by atoms with Crippen molar-refractivity contribution in [1.29, 1.82) is 0 Å². The lowest BCUT2D eigenvalue weighted by Gasteiger charge is -2.20. The van der Waals surface area contributed by atoms with Gasteiger partial charge in [-0.25, -0.2) is 9.61 Å². The van der Waals surface area contributed by atoms with Crippen molar-refractivity contribution >= 4 is 17.0 Å². The molecule has 0 saturated heterocycles. The molecule has 120 valence electrons. The first-order valence-electron chi connectivity index (χ1n) is 7.32. The maximum Gasteiger partial charge on any atom is 0.258 e. The van der Waals surface area contributed by atoms with Crippen LogP contribution in [0, 0.1) is 20.8 Å². The summed E-state index contributed by atoms with van der Waals surface area (Å²) in [5.74, 6) is -0.128. The van der Waals surface area contributed by atoms with Crippen molar-refractivity contribution in [3.8, 4) is 0 Å². The van der Waals surface area contributed by atoms with Crippen molar-refractivity contribution < 1.29 is 13.9 Å². The molecular formula is C15H17N5O3. The van der Waals surface area contributed by atoms with Crippen LogP contribution in [0.2, 0.25) is 0 Å². The van der Waals surface area contributed by atoms with E-state index in [-0.39, 0.29) is 5.91 Å². The Bertz CT molecular complexity index is 867. The Morgan fingerprint density at radius 3 is 2.61 bits per heavy atom. The topological polar surface area (TPSA) is 98.2 Å². The van der Waals surface area contributed by atoms with Gasteiger partial charge in [0, 0.05) is 12.2 Å². The Morgan fingerprint density at radius 2 is 1.96 bits per heavy atom. The molecule has 0 aromatic carbocycles. The average Bonchev–Trinajstić information content (AvgIpc) is 3.09. The molecular weight excluding hydrogens is 298 g/mol. The maximum absolute atomic E-state index is 13.0. The maximum atomic E-state index is 13.0. The van der Waals surface area contributed by atoms with Gasteiger partial charge in [-0.1, -0.05) is 15.5 Å². The Morgan fingerprint density at radius 1 is 1.17 bits per heavy atom. The number of nitrogens with zero attached hydrogens (tertiary/aromatic N) is 5. The zero-order valence-electron chi connectivity index (χ0n) is 13.5. The third-order valence-corrected chi connectivity index (χ3v) is 3.73. The molecule has 1 amide bonds. The predicted octanol–water partition coefficient (Wildman–Crippen LogP) is 2.19. The monoisotopic (exact) mass is 315 g/mol. The van der Waals surface area contributed by atoms with E-state index in [1.807, 2.05) is 13.8 Å². The molecule has 0 aliphatic carbocycles. The average molecular weight is 315 g/mol. The molecule has 0 aliphatic heterocycles. The summed E-state index contributed by atoms with van der Waals surface area (Å²) in [6.07, 6.45) is 0. The van der Waals surface area contributed by atoms with E-state index in [2.05, 4.69) is 20.5 Å². The van der Waals surface area contributed by atoms with Crippen LogP contribution >= 0.6 is 0 Å². The fourth-order valence-electron chi connectivity index (χ4n) is 2.46. The van der Waals surface area contributed by atoms with Crippen molar-refractivity contribution in [2.24, 2.45) is 0 Å². The van der Waals surface area contributed by atoms with E-state index in [0.29, 0.717) is 52.5 Å². The Kier molecular flexibility index (Phi) is 3.81. The summed E-state index contributed by atoms with van der Waals surface area (Å²) in [7, 11) is 0. The van der Waals surface area contributed by atoms with Gasteiger partial charge in [0.2, 0.25) is 0 Å². The SMILES string of the molecule is CCN(Cc1nonc1C)C(=O)c1cc(C)nc2onc(C)c12. The number of fused-ring (bicyclic) bond motifs is 1. The summed E-state index contributed by atoms with van der Waals surface area (Å²) < 4.78 is 9.89. The fourth-order valence-corrected chi connectivity index (χ4v) is 2.46. The molecule has 3 aromatic rings. The van der Waals surface area contributed by atoms with E-state index in [1.54, 1.807) is 24.8 Å². The minimum atomic E-state index is -0.128. The van der Waals surface area contributed by atoms with E-state index in [9.17, 15) is 4.79 Å². The van der Waals surface area contributed by atoms with Gasteiger partial charge in [-0.2, -0.15) is 0 Å². The first-order valence-corrected chi connectivity index (χ1v) is 7.32. The van der Waals surface area contributed by atoms with Gasteiger partial charge in [0.05, 0.1) is 23.2 Å². The third-order valence-electron chi connectivity index (χ3n) is 3.73. The Hall–Kier alpha value is -2.77. The van der Waals surface area contributed by atoms with E-state index >= 15 is 0 Å². The Labute approximate surface area is 132 Å². The molecule has 8 heteroatoms. The summed E-state index contributed by atoms with van der Waals surface area (Å²) in [6, 6.07) is 1.76. The quantitative estimate of drug-likeness (QED) is 0.727. The van der Waals surface area contributed by atoms with Crippen LogP contribution in [0.4, 0.5) is 0 Å². The molecule has 3 aromatic heterocycles. The third kappa shape index (κ3) is 2.67. The van der Waals surface area contributed by atoms with Crippen molar-refractivity contribution in [3.05, 3.63) is 34.4 Å². The zero-order valence-corrected chi connectivity index (χ0v) is 13.5. The molecule has 0 radical (unpaired) electrons. The van der Waals surface area contributed by atoms with Crippen LogP contribution in [0.1, 0.15) is 40.1 Å². The van der Waals surface area contributed by atoms with Gasteiger partial charge in [-0.05, 0) is 33.8 Å². The summed E-state index contributed by atoms with van der Waals surface area (Å²) in [5, 5.41) is 12.1. The predicted molar refractivity (Wildman–Crippen MR) is 80.7 cm³/mol. The zero-order chi connectivity index (χ0) is 16.6. The molecule has 3 rings (SSSR count). The van der Waals surface area contributed by atoms with Crippen LogP contribution in [-0.2, 0) is 6.54 Å². The summed E-state index contributed by atoms with van der Waals surface area (Å²) >= 11 is 0. The lowest BCUT2D eigenvalue weighted by atomic mass is 10.1. The highest BCUT2D eigenvalue weighted by Gasteiger charge is 2.23. The molecule has 0 bridgehead atoms. The summed E-state index contributed by atoms with van der Waals surface area (Å²) in [4.78, 5) is 18.9. The second-order valence-electron chi connectivity index (χ2n) is 5.37. The number of hydrogen-bond acceptors (Lipinski definition) is 7. The highest BCUT2D eigenvalue weighted by atomic mass is 16.6. The van der Waals surface area contributed by atoms with E-state index in [4.69, 9.17) is 9.15 Å².